The molecule has 1 aromatic rings. The fourth-order valence-corrected chi connectivity index (χ4v) is 1.11. The number of hydrogen-bond acceptors (Lipinski definition) is 2. The van der Waals surface area contributed by atoms with Gasteiger partial charge in [0.1, 0.15) is 0 Å². The van der Waals surface area contributed by atoms with E-state index >= 15 is 0 Å². The van der Waals surface area contributed by atoms with Crippen molar-refractivity contribution in [1.29, 1.82) is 0 Å². The van der Waals surface area contributed by atoms with Crippen LogP contribution in [0.5, 0.6) is 0 Å². The minimum absolute atomic E-state index is 0.833. The average Bonchev–Trinajstić information content (AvgIpc) is 2.50. The van der Waals surface area contributed by atoms with Gasteiger partial charge in [0.2, 0.25) is 0 Å². The van der Waals surface area contributed by atoms with Crippen LogP contribution in [0.4, 0.5) is 0 Å². The summed E-state index contributed by atoms with van der Waals surface area (Å²) in [5.41, 5.74) is 2.29. The van der Waals surface area contributed by atoms with Crippen LogP contribution in [0.2, 0.25) is 0 Å². The monoisotopic (exact) mass is 179 g/mol. The third-order valence-electron chi connectivity index (χ3n) is 1.82. The summed E-state index contributed by atoms with van der Waals surface area (Å²) >= 11 is 0. The van der Waals surface area contributed by atoms with E-state index in [-0.39, 0.29) is 0 Å². The van der Waals surface area contributed by atoms with Crippen LogP contribution >= 0.6 is 0 Å². The lowest BCUT2D eigenvalue weighted by atomic mass is 10.2. The first-order chi connectivity index (χ1) is 6.22. The SMILES string of the molecule is C=C(C)CCn1ccc(CNC)n1. The Morgan fingerprint density at radius 2 is 2.46 bits per heavy atom. The fraction of sp³-hybridized carbons (Fsp3) is 0.500. The lowest BCUT2D eigenvalue weighted by molar-refractivity contribution is 0.598. The molecule has 0 aromatic carbocycles. The van der Waals surface area contributed by atoms with Crippen molar-refractivity contribution >= 4 is 0 Å². The van der Waals surface area contributed by atoms with Gasteiger partial charge in [-0.25, -0.2) is 0 Å². The molecule has 0 saturated heterocycles. The molecule has 0 unspecified atom stereocenters. The molecule has 0 atom stereocenters. The van der Waals surface area contributed by atoms with Gasteiger partial charge in [0.25, 0.3) is 0 Å². The average molecular weight is 179 g/mol. The highest BCUT2D eigenvalue weighted by atomic mass is 15.3. The van der Waals surface area contributed by atoms with Gasteiger partial charge in [0.15, 0.2) is 0 Å². The molecule has 72 valence electrons. The van der Waals surface area contributed by atoms with Crippen LogP contribution in [-0.2, 0) is 13.1 Å². The van der Waals surface area contributed by atoms with E-state index in [4.69, 9.17) is 0 Å². The smallest absolute Gasteiger partial charge is 0.0762 e. The Morgan fingerprint density at radius 3 is 3.08 bits per heavy atom. The maximum absolute atomic E-state index is 4.38. The molecule has 0 bridgehead atoms. The van der Waals surface area contributed by atoms with E-state index in [1.54, 1.807) is 0 Å². The largest absolute Gasteiger partial charge is 0.314 e. The summed E-state index contributed by atoms with van der Waals surface area (Å²) in [6, 6.07) is 2.04. The Kier molecular flexibility index (Phi) is 3.71. The van der Waals surface area contributed by atoms with E-state index in [1.807, 2.05) is 30.9 Å². The van der Waals surface area contributed by atoms with Crippen LogP contribution < -0.4 is 5.32 Å². The van der Waals surface area contributed by atoms with Crippen molar-refractivity contribution in [1.82, 2.24) is 15.1 Å². The van der Waals surface area contributed by atoms with Crippen molar-refractivity contribution in [3.05, 3.63) is 30.1 Å². The zero-order valence-electron chi connectivity index (χ0n) is 8.38. The molecule has 0 aliphatic carbocycles. The molecule has 0 spiro atoms. The quantitative estimate of drug-likeness (QED) is 0.695. The first-order valence-electron chi connectivity index (χ1n) is 4.53. The van der Waals surface area contributed by atoms with Crippen LogP contribution in [0, 0.1) is 0 Å². The van der Waals surface area contributed by atoms with E-state index in [2.05, 4.69) is 17.0 Å². The number of aryl methyl sites for hydroxylation is 1. The second-order valence-corrected chi connectivity index (χ2v) is 3.31. The van der Waals surface area contributed by atoms with Crippen molar-refractivity contribution < 1.29 is 0 Å². The topological polar surface area (TPSA) is 29.9 Å². The summed E-state index contributed by atoms with van der Waals surface area (Å²) in [4.78, 5) is 0. The Morgan fingerprint density at radius 1 is 1.69 bits per heavy atom. The van der Waals surface area contributed by atoms with E-state index in [0.29, 0.717) is 0 Å². The van der Waals surface area contributed by atoms with Gasteiger partial charge in [0, 0.05) is 19.3 Å². The van der Waals surface area contributed by atoms with Crippen molar-refractivity contribution in [3.63, 3.8) is 0 Å². The lowest BCUT2D eigenvalue weighted by Gasteiger charge is -2.00. The van der Waals surface area contributed by atoms with Gasteiger partial charge in [-0.05, 0) is 26.5 Å². The third kappa shape index (κ3) is 3.42. The van der Waals surface area contributed by atoms with E-state index in [9.17, 15) is 0 Å². The summed E-state index contributed by atoms with van der Waals surface area (Å²) in [6.07, 6.45) is 3.01. The normalized spacial score (nSPS) is 10.3. The molecule has 0 aliphatic heterocycles. The number of rotatable bonds is 5. The fourth-order valence-electron chi connectivity index (χ4n) is 1.11. The highest BCUT2D eigenvalue weighted by molar-refractivity contribution is 4.98. The van der Waals surface area contributed by atoms with Crippen molar-refractivity contribution in [3.8, 4) is 0 Å². The summed E-state index contributed by atoms with van der Waals surface area (Å²) < 4.78 is 1.96. The highest BCUT2D eigenvalue weighted by Crippen LogP contribution is 2.00. The Balaban J connectivity index is 2.44. The highest BCUT2D eigenvalue weighted by Gasteiger charge is 1.96. The van der Waals surface area contributed by atoms with Gasteiger partial charge in [-0.1, -0.05) is 5.57 Å². The second-order valence-electron chi connectivity index (χ2n) is 3.31. The van der Waals surface area contributed by atoms with E-state index in [0.717, 1.165) is 25.2 Å². The molecule has 1 heterocycles. The number of allylic oxidation sites excluding steroid dienone is 1. The number of hydrogen-bond donors (Lipinski definition) is 1. The number of aromatic nitrogens is 2. The predicted molar refractivity (Wildman–Crippen MR) is 54.4 cm³/mol. The zero-order chi connectivity index (χ0) is 9.68. The predicted octanol–water partition coefficient (Wildman–Crippen LogP) is 1.57. The second kappa shape index (κ2) is 4.82. The first kappa shape index (κ1) is 9.99. The Labute approximate surface area is 79.5 Å². The molecule has 0 amide bonds. The summed E-state index contributed by atoms with van der Waals surface area (Å²) in [5, 5.41) is 7.45. The van der Waals surface area contributed by atoms with Crippen LogP contribution in [0.15, 0.2) is 24.4 Å². The molecule has 0 radical (unpaired) electrons. The van der Waals surface area contributed by atoms with Gasteiger partial charge in [-0.3, -0.25) is 4.68 Å². The minimum atomic E-state index is 0.833. The molecular formula is C10H17N3. The van der Waals surface area contributed by atoms with Gasteiger partial charge < -0.3 is 5.32 Å². The van der Waals surface area contributed by atoms with Gasteiger partial charge in [-0.15, -0.1) is 6.58 Å². The van der Waals surface area contributed by atoms with Crippen LogP contribution in [0.1, 0.15) is 19.0 Å². The molecule has 3 nitrogen and oxygen atoms in total. The molecular weight excluding hydrogens is 162 g/mol. The summed E-state index contributed by atoms with van der Waals surface area (Å²) in [6.45, 7) is 7.66. The number of nitrogens with zero attached hydrogens (tertiary/aromatic N) is 2. The molecule has 3 heteroatoms. The van der Waals surface area contributed by atoms with Gasteiger partial charge in [-0.2, -0.15) is 5.10 Å². The van der Waals surface area contributed by atoms with Crippen molar-refractivity contribution in [2.45, 2.75) is 26.4 Å². The van der Waals surface area contributed by atoms with E-state index < -0.39 is 0 Å². The van der Waals surface area contributed by atoms with Crippen LogP contribution in [0.25, 0.3) is 0 Å². The Hall–Kier alpha value is -1.09. The van der Waals surface area contributed by atoms with Gasteiger partial charge in [0.05, 0.1) is 5.69 Å². The maximum Gasteiger partial charge on any atom is 0.0762 e. The minimum Gasteiger partial charge on any atom is -0.314 e. The zero-order valence-corrected chi connectivity index (χ0v) is 8.38. The molecule has 13 heavy (non-hydrogen) atoms. The van der Waals surface area contributed by atoms with Crippen LogP contribution in [0.3, 0.4) is 0 Å². The van der Waals surface area contributed by atoms with Gasteiger partial charge >= 0.3 is 0 Å². The summed E-state index contributed by atoms with van der Waals surface area (Å²) in [7, 11) is 1.92. The molecule has 1 N–H and O–H groups in total. The first-order valence-corrected chi connectivity index (χ1v) is 4.53. The Bertz CT molecular complexity index is 275. The van der Waals surface area contributed by atoms with E-state index in [1.165, 1.54) is 5.57 Å². The molecule has 0 aliphatic rings. The number of nitrogens with one attached hydrogen (secondary N) is 1. The van der Waals surface area contributed by atoms with Crippen LogP contribution in [-0.4, -0.2) is 16.8 Å². The van der Waals surface area contributed by atoms with Crippen molar-refractivity contribution in [2.75, 3.05) is 7.05 Å². The van der Waals surface area contributed by atoms with Crippen molar-refractivity contribution in [2.24, 2.45) is 0 Å². The summed E-state index contributed by atoms with van der Waals surface area (Å²) in [5.74, 6) is 0. The molecule has 1 aromatic heterocycles. The standard InChI is InChI=1S/C10H17N3/c1-9(2)4-6-13-7-5-10(12-13)8-11-3/h5,7,11H,1,4,6,8H2,2-3H3. The maximum atomic E-state index is 4.38. The molecule has 0 fully saturated rings. The third-order valence-corrected chi connectivity index (χ3v) is 1.82. The lowest BCUT2D eigenvalue weighted by Crippen LogP contribution is -2.07. The molecule has 1 rings (SSSR count). The molecule has 0 saturated carbocycles.